The zero-order chi connectivity index (χ0) is 18.9. The molecule has 3 rings (SSSR count). The Labute approximate surface area is 155 Å². The Morgan fingerprint density at radius 2 is 1.69 bits per heavy atom. The maximum Gasteiger partial charge on any atom is 0.240 e. The van der Waals surface area contributed by atoms with Crippen molar-refractivity contribution in [3.63, 3.8) is 0 Å². The molecule has 0 aliphatic carbocycles. The third kappa shape index (κ3) is 3.97. The number of nitrogens with one attached hydrogen (secondary N) is 1. The van der Waals surface area contributed by atoms with Gasteiger partial charge in [-0.3, -0.25) is 4.79 Å². The lowest BCUT2D eigenvalue weighted by atomic mass is 10.1. The summed E-state index contributed by atoms with van der Waals surface area (Å²) in [6.45, 7) is 6.43. The van der Waals surface area contributed by atoms with Gasteiger partial charge >= 0.3 is 0 Å². The molecule has 6 heteroatoms. The highest BCUT2D eigenvalue weighted by molar-refractivity contribution is 7.89. The third-order valence-corrected chi connectivity index (χ3v) is 6.31. The molecule has 0 saturated carbocycles. The number of amides is 1. The number of carbonyl (C=O) groups is 1. The molecule has 0 aromatic heterocycles. The van der Waals surface area contributed by atoms with Gasteiger partial charge in [-0.25, -0.2) is 13.1 Å². The minimum Gasteiger partial charge on any atom is -0.312 e. The molecule has 1 aliphatic heterocycles. The predicted octanol–water partition coefficient (Wildman–Crippen LogP) is 2.94. The molecule has 0 bridgehead atoms. The maximum absolute atomic E-state index is 12.6. The van der Waals surface area contributed by atoms with Crippen LogP contribution in [0.25, 0.3) is 0 Å². The van der Waals surface area contributed by atoms with Gasteiger partial charge in [-0.1, -0.05) is 29.8 Å². The molecule has 138 valence electrons. The van der Waals surface area contributed by atoms with Gasteiger partial charge in [-0.2, -0.15) is 0 Å². The van der Waals surface area contributed by atoms with E-state index in [0.29, 0.717) is 23.4 Å². The fraction of sp³-hybridized carbons (Fsp3) is 0.350. The van der Waals surface area contributed by atoms with E-state index in [1.165, 1.54) is 0 Å². The second kappa shape index (κ2) is 7.21. The van der Waals surface area contributed by atoms with Gasteiger partial charge in [-0.05, 0) is 56.0 Å². The molecule has 2 aromatic carbocycles. The lowest BCUT2D eigenvalue weighted by Crippen LogP contribution is -2.31. The molecule has 26 heavy (non-hydrogen) atoms. The van der Waals surface area contributed by atoms with Crippen molar-refractivity contribution in [3.05, 3.63) is 59.2 Å². The number of rotatable bonds is 5. The number of sulfonamides is 1. The van der Waals surface area contributed by atoms with Crippen molar-refractivity contribution in [2.75, 3.05) is 18.0 Å². The summed E-state index contributed by atoms with van der Waals surface area (Å²) in [5.74, 6) is -0.00604. The Morgan fingerprint density at radius 3 is 2.38 bits per heavy atom. The first-order chi connectivity index (χ1) is 12.3. The molecule has 2 aromatic rings. The Kier molecular flexibility index (Phi) is 5.16. The summed E-state index contributed by atoms with van der Waals surface area (Å²) >= 11 is 0. The molecule has 1 heterocycles. The Balaban J connectivity index is 1.68. The van der Waals surface area contributed by atoms with Gasteiger partial charge in [0.15, 0.2) is 0 Å². The molecule has 1 saturated heterocycles. The highest BCUT2D eigenvalue weighted by Crippen LogP contribution is 2.25. The third-order valence-electron chi connectivity index (χ3n) is 4.75. The number of hydrogen-bond acceptors (Lipinski definition) is 3. The van der Waals surface area contributed by atoms with Crippen LogP contribution in [0.1, 0.15) is 23.1 Å². The number of benzene rings is 2. The molecule has 1 atom stereocenters. The van der Waals surface area contributed by atoms with E-state index in [4.69, 9.17) is 0 Å². The Hall–Kier alpha value is -2.18. The first-order valence-electron chi connectivity index (χ1n) is 8.70. The van der Waals surface area contributed by atoms with Crippen molar-refractivity contribution in [2.45, 2.75) is 32.1 Å². The quantitative estimate of drug-likeness (QED) is 0.877. The average Bonchev–Trinajstić information content (AvgIpc) is 2.97. The topological polar surface area (TPSA) is 66.5 Å². The van der Waals surface area contributed by atoms with E-state index in [0.717, 1.165) is 16.8 Å². The van der Waals surface area contributed by atoms with Gasteiger partial charge in [0.05, 0.1) is 4.90 Å². The summed E-state index contributed by atoms with van der Waals surface area (Å²) in [4.78, 5) is 14.3. The van der Waals surface area contributed by atoms with E-state index in [1.807, 2.05) is 50.2 Å². The highest BCUT2D eigenvalue weighted by Gasteiger charge is 2.31. The smallest absolute Gasteiger partial charge is 0.240 e. The molecule has 1 N–H and O–H groups in total. The number of carbonyl (C=O) groups excluding carboxylic acids is 1. The summed E-state index contributed by atoms with van der Waals surface area (Å²) in [5, 5.41) is 0. The van der Waals surface area contributed by atoms with Crippen molar-refractivity contribution in [3.8, 4) is 0 Å². The van der Waals surface area contributed by atoms with Gasteiger partial charge in [0.25, 0.3) is 0 Å². The monoisotopic (exact) mass is 372 g/mol. The molecule has 0 unspecified atom stereocenters. The van der Waals surface area contributed by atoms with Crippen LogP contribution in [0.15, 0.2) is 47.4 Å². The summed E-state index contributed by atoms with van der Waals surface area (Å²) in [7, 11) is -3.59. The van der Waals surface area contributed by atoms with Crippen LogP contribution >= 0.6 is 0 Å². The molecule has 1 aliphatic rings. The molecule has 0 spiro atoms. The Bertz CT molecular complexity index is 921. The van der Waals surface area contributed by atoms with Crippen LogP contribution < -0.4 is 9.62 Å². The second-order valence-electron chi connectivity index (χ2n) is 7.03. The van der Waals surface area contributed by atoms with E-state index in [9.17, 15) is 13.2 Å². The second-order valence-corrected chi connectivity index (χ2v) is 8.77. The van der Waals surface area contributed by atoms with Crippen molar-refractivity contribution in [2.24, 2.45) is 5.92 Å². The zero-order valence-corrected chi connectivity index (χ0v) is 16.1. The Morgan fingerprint density at radius 1 is 1.04 bits per heavy atom. The van der Waals surface area contributed by atoms with Crippen LogP contribution in [0.3, 0.4) is 0 Å². The van der Waals surface area contributed by atoms with E-state index in [-0.39, 0.29) is 18.4 Å². The van der Waals surface area contributed by atoms with Crippen LogP contribution in [-0.2, 0) is 14.8 Å². The normalized spacial score (nSPS) is 17.7. The average molecular weight is 372 g/mol. The molecular formula is C20H24N2O3S. The summed E-state index contributed by atoms with van der Waals surface area (Å²) in [6.07, 6.45) is 0.350. The largest absolute Gasteiger partial charge is 0.312 e. The van der Waals surface area contributed by atoms with Gasteiger partial charge in [0, 0.05) is 25.2 Å². The first-order valence-corrected chi connectivity index (χ1v) is 10.2. The summed E-state index contributed by atoms with van der Waals surface area (Å²) in [6, 6.07) is 13.2. The van der Waals surface area contributed by atoms with Crippen molar-refractivity contribution in [1.82, 2.24) is 4.72 Å². The molecule has 1 amide bonds. The summed E-state index contributed by atoms with van der Waals surface area (Å²) in [5.41, 5.74) is 3.61. The van der Waals surface area contributed by atoms with Crippen LogP contribution in [0.2, 0.25) is 0 Å². The fourth-order valence-electron chi connectivity index (χ4n) is 3.19. The van der Waals surface area contributed by atoms with Gasteiger partial charge in [0.2, 0.25) is 15.9 Å². The molecule has 0 radical (unpaired) electrons. The van der Waals surface area contributed by atoms with Crippen LogP contribution in [0.4, 0.5) is 5.69 Å². The number of nitrogens with zero attached hydrogens (tertiary/aromatic N) is 1. The van der Waals surface area contributed by atoms with Crippen LogP contribution in [0, 0.1) is 26.7 Å². The van der Waals surface area contributed by atoms with E-state index >= 15 is 0 Å². The molecular weight excluding hydrogens is 348 g/mol. The first kappa shape index (κ1) is 18.6. The van der Waals surface area contributed by atoms with Crippen LogP contribution in [-0.4, -0.2) is 27.4 Å². The molecule has 1 fully saturated rings. The van der Waals surface area contributed by atoms with Crippen molar-refractivity contribution >= 4 is 21.6 Å². The van der Waals surface area contributed by atoms with E-state index in [2.05, 4.69) is 4.72 Å². The van der Waals surface area contributed by atoms with Crippen molar-refractivity contribution < 1.29 is 13.2 Å². The van der Waals surface area contributed by atoms with Crippen molar-refractivity contribution in [1.29, 1.82) is 0 Å². The van der Waals surface area contributed by atoms with E-state index in [1.54, 1.807) is 17.9 Å². The number of hydrogen-bond donors (Lipinski definition) is 1. The van der Waals surface area contributed by atoms with Gasteiger partial charge in [0.1, 0.15) is 0 Å². The van der Waals surface area contributed by atoms with Gasteiger partial charge < -0.3 is 4.90 Å². The SMILES string of the molecule is Cc1ccc(N2C[C@H](CNS(=O)(=O)c3cc(C)ccc3C)CC2=O)cc1. The lowest BCUT2D eigenvalue weighted by molar-refractivity contribution is -0.117. The summed E-state index contributed by atoms with van der Waals surface area (Å²) < 4.78 is 27.9. The highest BCUT2D eigenvalue weighted by atomic mass is 32.2. The standard InChI is InChI=1S/C20H24N2O3S/c1-14-5-8-18(9-6-14)22-13-17(11-20(22)23)12-21-26(24,25)19-10-15(2)4-7-16(19)3/h4-10,17,21H,11-13H2,1-3H3/t17-/m0/s1. The number of aryl methyl sites for hydroxylation is 3. The zero-order valence-electron chi connectivity index (χ0n) is 15.3. The predicted molar refractivity (Wildman–Crippen MR) is 103 cm³/mol. The maximum atomic E-state index is 12.6. The molecule has 5 nitrogen and oxygen atoms in total. The van der Waals surface area contributed by atoms with E-state index < -0.39 is 10.0 Å². The van der Waals surface area contributed by atoms with Crippen LogP contribution in [0.5, 0.6) is 0 Å². The minimum absolute atomic E-state index is 0.0322. The fourth-order valence-corrected chi connectivity index (χ4v) is 4.64. The van der Waals surface area contributed by atoms with Gasteiger partial charge in [-0.15, -0.1) is 0 Å². The number of anilines is 1. The lowest BCUT2D eigenvalue weighted by Gasteiger charge is -2.17. The minimum atomic E-state index is -3.59.